The first kappa shape index (κ1) is 27.5. The lowest BCUT2D eigenvalue weighted by Crippen LogP contribution is -2.46. The SMILES string of the molecule is COc1cccc(NC(=O)NCc2ccc(CN3C(=O)C(Cc4ccccc4)(Cc4ccccc4)N=C3N)cc2)c1. The van der Waals surface area contributed by atoms with Crippen molar-refractivity contribution in [3.63, 3.8) is 0 Å². The molecule has 41 heavy (non-hydrogen) atoms. The number of carbonyl (C=O) groups is 2. The van der Waals surface area contributed by atoms with Crippen LogP contribution < -0.4 is 21.1 Å². The first-order valence-electron chi connectivity index (χ1n) is 13.5. The molecule has 1 heterocycles. The molecule has 8 heteroatoms. The number of hydrogen-bond donors (Lipinski definition) is 3. The van der Waals surface area contributed by atoms with E-state index in [-0.39, 0.29) is 17.9 Å². The third kappa shape index (κ3) is 6.73. The maximum atomic E-state index is 14.0. The molecule has 4 N–H and O–H groups in total. The Hall–Kier alpha value is -5.11. The Bertz CT molecular complexity index is 1480. The highest BCUT2D eigenvalue weighted by atomic mass is 16.5. The molecule has 8 nitrogen and oxygen atoms in total. The van der Waals surface area contributed by atoms with E-state index < -0.39 is 5.54 Å². The van der Waals surface area contributed by atoms with Crippen molar-refractivity contribution in [2.75, 3.05) is 12.4 Å². The zero-order valence-electron chi connectivity index (χ0n) is 22.9. The third-order valence-electron chi connectivity index (χ3n) is 7.07. The summed E-state index contributed by atoms with van der Waals surface area (Å²) in [4.78, 5) is 32.7. The number of amides is 3. The molecule has 0 unspecified atom stereocenters. The average molecular weight is 548 g/mol. The fraction of sp³-hybridized carbons (Fsp3) is 0.182. The molecule has 0 saturated heterocycles. The van der Waals surface area contributed by atoms with Crippen molar-refractivity contribution in [2.45, 2.75) is 31.5 Å². The summed E-state index contributed by atoms with van der Waals surface area (Å²) >= 11 is 0. The molecule has 208 valence electrons. The van der Waals surface area contributed by atoms with Crippen molar-refractivity contribution in [2.24, 2.45) is 10.7 Å². The van der Waals surface area contributed by atoms with Gasteiger partial charge in [-0.3, -0.25) is 9.69 Å². The molecule has 0 saturated carbocycles. The van der Waals surface area contributed by atoms with Crippen LogP contribution >= 0.6 is 0 Å². The van der Waals surface area contributed by atoms with E-state index in [9.17, 15) is 9.59 Å². The van der Waals surface area contributed by atoms with Gasteiger partial charge in [-0.15, -0.1) is 0 Å². The number of anilines is 1. The van der Waals surface area contributed by atoms with Crippen molar-refractivity contribution in [3.05, 3.63) is 131 Å². The molecule has 0 fully saturated rings. The van der Waals surface area contributed by atoms with Gasteiger partial charge in [-0.25, -0.2) is 9.79 Å². The van der Waals surface area contributed by atoms with Crippen LogP contribution in [0.25, 0.3) is 0 Å². The van der Waals surface area contributed by atoms with Crippen molar-refractivity contribution in [3.8, 4) is 5.75 Å². The van der Waals surface area contributed by atoms with E-state index in [2.05, 4.69) is 10.6 Å². The smallest absolute Gasteiger partial charge is 0.319 e. The molecular weight excluding hydrogens is 514 g/mol. The molecule has 1 aliphatic rings. The number of guanidine groups is 1. The second-order valence-electron chi connectivity index (χ2n) is 10.1. The van der Waals surface area contributed by atoms with Crippen LogP contribution in [0.5, 0.6) is 5.75 Å². The largest absolute Gasteiger partial charge is 0.497 e. The summed E-state index contributed by atoms with van der Waals surface area (Å²) < 4.78 is 5.19. The number of urea groups is 1. The Kier molecular flexibility index (Phi) is 8.29. The highest BCUT2D eigenvalue weighted by Gasteiger charge is 2.47. The molecule has 0 aliphatic carbocycles. The van der Waals surface area contributed by atoms with Gasteiger partial charge in [-0.05, 0) is 34.4 Å². The molecule has 0 atom stereocenters. The second-order valence-corrected chi connectivity index (χ2v) is 10.1. The van der Waals surface area contributed by atoms with E-state index in [1.807, 2.05) is 97.1 Å². The van der Waals surface area contributed by atoms with Crippen LogP contribution in [0.3, 0.4) is 0 Å². The van der Waals surface area contributed by atoms with E-state index in [4.69, 9.17) is 15.5 Å². The van der Waals surface area contributed by atoms with Crippen molar-refractivity contribution >= 4 is 23.6 Å². The van der Waals surface area contributed by atoms with Gasteiger partial charge in [0, 0.05) is 31.1 Å². The normalized spacial score (nSPS) is 13.9. The van der Waals surface area contributed by atoms with Gasteiger partial charge >= 0.3 is 6.03 Å². The number of nitrogens with one attached hydrogen (secondary N) is 2. The van der Waals surface area contributed by atoms with Crippen molar-refractivity contribution in [1.29, 1.82) is 0 Å². The van der Waals surface area contributed by atoms with Crippen LogP contribution in [-0.2, 0) is 30.7 Å². The summed E-state index contributed by atoms with van der Waals surface area (Å²) in [6, 6.07) is 34.4. The standard InChI is InChI=1S/C33H33N5O3/c1-41-29-14-8-13-28(19-29)36-32(40)35-22-26-15-17-27(18-16-26)23-38-30(39)33(37-31(38)34,20-24-9-4-2-5-10-24)21-25-11-6-3-7-12-25/h2-19H,20-23H2,1H3,(H2,34,37)(H2,35,36,40). The zero-order valence-corrected chi connectivity index (χ0v) is 22.9. The molecule has 0 radical (unpaired) electrons. The Balaban J connectivity index is 1.24. The topological polar surface area (TPSA) is 109 Å². The van der Waals surface area contributed by atoms with E-state index >= 15 is 0 Å². The van der Waals surface area contributed by atoms with E-state index in [0.29, 0.717) is 37.4 Å². The number of nitrogens with two attached hydrogens (primary N) is 1. The number of aliphatic imine (C=N–C) groups is 1. The summed E-state index contributed by atoms with van der Waals surface area (Å²) in [6.07, 6.45) is 0.919. The van der Waals surface area contributed by atoms with Gasteiger partial charge in [0.15, 0.2) is 11.5 Å². The van der Waals surface area contributed by atoms with Crippen LogP contribution in [0.15, 0.2) is 114 Å². The molecule has 0 aromatic heterocycles. The van der Waals surface area contributed by atoms with Crippen molar-refractivity contribution in [1.82, 2.24) is 10.2 Å². The molecule has 3 amide bonds. The van der Waals surface area contributed by atoms with Gasteiger partial charge < -0.3 is 21.1 Å². The molecule has 0 spiro atoms. The average Bonchev–Trinajstić information content (AvgIpc) is 3.21. The van der Waals surface area contributed by atoms with Crippen LogP contribution in [0.2, 0.25) is 0 Å². The lowest BCUT2D eigenvalue weighted by Gasteiger charge is -2.26. The fourth-order valence-corrected chi connectivity index (χ4v) is 5.00. The predicted octanol–water partition coefficient (Wildman–Crippen LogP) is 4.90. The highest BCUT2D eigenvalue weighted by molar-refractivity contribution is 6.07. The van der Waals surface area contributed by atoms with Gasteiger partial charge in [0.1, 0.15) is 5.75 Å². The zero-order chi connectivity index (χ0) is 28.7. The van der Waals surface area contributed by atoms with Crippen LogP contribution in [0.1, 0.15) is 22.3 Å². The van der Waals surface area contributed by atoms with Gasteiger partial charge in [-0.1, -0.05) is 91.0 Å². The number of methoxy groups -OCH3 is 1. The first-order valence-corrected chi connectivity index (χ1v) is 13.5. The molecule has 0 bridgehead atoms. The minimum Gasteiger partial charge on any atom is -0.497 e. The highest BCUT2D eigenvalue weighted by Crippen LogP contribution is 2.31. The van der Waals surface area contributed by atoms with E-state index in [1.165, 1.54) is 0 Å². The van der Waals surface area contributed by atoms with Gasteiger partial charge in [0.05, 0.1) is 13.7 Å². The molecule has 4 aromatic carbocycles. The number of carbonyl (C=O) groups excluding carboxylic acids is 2. The lowest BCUT2D eigenvalue weighted by molar-refractivity contribution is -0.131. The number of hydrogen-bond acceptors (Lipinski definition) is 5. The number of nitrogens with zero attached hydrogens (tertiary/aromatic N) is 2. The Morgan fingerprint density at radius 1 is 0.829 bits per heavy atom. The van der Waals surface area contributed by atoms with Crippen LogP contribution in [0.4, 0.5) is 10.5 Å². The third-order valence-corrected chi connectivity index (χ3v) is 7.07. The molecular formula is C33H33N5O3. The Morgan fingerprint density at radius 2 is 1.44 bits per heavy atom. The van der Waals surface area contributed by atoms with Crippen LogP contribution in [-0.4, -0.2) is 35.4 Å². The maximum Gasteiger partial charge on any atom is 0.319 e. The minimum absolute atomic E-state index is 0.109. The molecule has 1 aliphatic heterocycles. The summed E-state index contributed by atoms with van der Waals surface area (Å²) in [5, 5.41) is 5.65. The summed E-state index contributed by atoms with van der Waals surface area (Å²) in [5.41, 5.74) is 9.92. The number of rotatable bonds is 10. The molecule has 4 aromatic rings. The maximum absolute atomic E-state index is 14.0. The van der Waals surface area contributed by atoms with Gasteiger partial charge in [0.2, 0.25) is 0 Å². The summed E-state index contributed by atoms with van der Waals surface area (Å²) in [6.45, 7) is 0.656. The first-order chi connectivity index (χ1) is 19.9. The van der Waals surface area contributed by atoms with Crippen molar-refractivity contribution < 1.29 is 14.3 Å². The van der Waals surface area contributed by atoms with E-state index in [1.54, 1.807) is 24.1 Å². The van der Waals surface area contributed by atoms with Gasteiger partial charge in [-0.2, -0.15) is 0 Å². The van der Waals surface area contributed by atoms with Gasteiger partial charge in [0.25, 0.3) is 5.91 Å². The summed E-state index contributed by atoms with van der Waals surface area (Å²) in [5.74, 6) is 0.780. The van der Waals surface area contributed by atoms with E-state index in [0.717, 1.165) is 22.3 Å². The lowest BCUT2D eigenvalue weighted by atomic mass is 9.84. The number of benzene rings is 4. The second kappa shape index (κ2) is 12.4. The molecule has 5 rings (SSSR count). The predicted molar refractivity (Wildman–Crippen MR) is 160 cm³/mol. The Labute approximate surface area is 239 Å². The monoisotopic (exact) mass is 547 g/mol. The number of ether oxygens (including phenoxy) is 1. The minimum atomic E-state index is -1.01. The summed E-state index contributed by atoms with van der Waals surface area (Å²) in [7, 11) is 1.58. The van der Waals surface area contributed by atoms with Crippen LogP contribution in [0, 0.1) is 0 Å². The Morgan fingerprint density at radius 3 is 2.05 bits per heavy atom. The fourth-order valence-electron chi connectivity index (χ4n) is 5.00. The quantitative estimate of drug-likeness (QED) is 0.262.